The maximum atomic E-state index is 9.67. The molecule has 0 bridgehead atoms. The monoisotopic (exact) mass is 222 g/mol. The lowest BCUT2D eigenvalue weighted by atomic mass is 10.1. The predicted octanol–water partition coefficient (Wildman–Crippen LogP) is 3.62. The molecule has 0 aromatic heterocycles. The van der Waals surface area contributed by atoms with E-state index >= 15 is 0 Å². The molecule has 90 valence electrons. The van der Waals surface area contributed by atoms with Crippen LogP contribution in [0.5, 0.6) is 5.75 Å². The second kappa shape index (κ2) is 5.90. The van der Waals surface area contributed by atoms with Crippen LogP contribution in [0, 0.1) is 6.92 Å². The Balaban J connectivity index is 2.95. The van der Waals surface area contributed by atoms with Gasteiger partial charge in [-0.2, -0.15) is 0 Å². The lowest BCUT2D eigenvalue weighted by molar-refractivity contribution is 0.166. The Hall–Kier alpha value is -1.02. The molecule has 1 rings (SSSR count). The fourth-order valence-corrected chi connectivity index (χ4v) is 1.72. The summed E-state index contributed by atoms with van der Waals surface area (Å²) in [4.78, 5) is 0. The van der Waals surface area contributed by atoms with Gasteiger partial charge in [-0.1, -0.05) is 26.0 Å². The number of hydrogen-bond donors (Lipinski definition) is 1. The molecule has 0 aliphatic carbocycles. The van der Waals surface area contributed by atoms with Gasteiger partial charge in [-0.15, -0.1) is 0 Å². The molecule has 1 aromatic rings. The molecule has 0 spiro atoms. The van der Waals surface area contributed by atoms with Crippen molar-refractivity contribution < 1.29 is 9.84 Å². The summed E-state index contributed by atoms with van der Waals surface area (Å²) in [6.07, 6.45) is 1.73. The third kappa shape index (κ3) is 3.24. The first-order valence-electron chi connectivity index (χ1n) is 6.03. The molecule has 2 nitrogen and oxygen atoms in total. The van der Waals surface area contributed by atoms with Crippen LogP contribution < -0.4 is 4.74 Å². The fraction of sp³-hybridized carbons (Fsp3) is 0.571. The zero-order valence-electron chi connectivity index (χ0n) is 10.7. The van der Waals surface area contributed by atoms with Gasteiger partial charge in [0.1, 0.15) is 5.75 Å². The molecule has 2 heteroatoms. The van der Waals surface area contributed by atoms with E-state index in [4.69, 9.17) is 4.74 Å². The van der Waals surface area contributed by atoms with E-state index in [-0.39, 0.29) is 6.10 Å². The van der Waals surface area contributed by atoms with Crippen LogP contribution in [0.15, 0.2) is 18.2 Å². The molecule has 1 N–H and O–H groups in total. The van der Waals surface area contributed by atoms with Crippen LogP contribution in [0.3, 0.4) is 0 Å². The predicted molar refractivity (Wildman–Crippen MR) is 66.8 cm³/mol. The summed E-state index contributed by atoms with van der Waals surface area (Å²) < 4.78 is 5.93. The number of rotatable bonds is 5. The highest BCUT2D eigenvalue weighted by Gasteiger charge is 2.12. The number of benzene rings is 1. The van der Waals surface area contributed by atoms with Gasteiger partial charge >= 0.3 is 0 Å². The van der Waals surface area contributed by atoms with Gasteiger partial charge in [-0.05, 0) is 38.3 Å². The van der Waals surface area contributed by atoms with Crippen molar-refractivity contribution in [3.05, 3.63) is 29.3 Å². The van der Waals surface area contributed by atoms with Crippen molar-refractivity contribution in [2.45, 2.75) is 52.7 Å². The van der Waals surface area contributed by atoms with Gasteiger partial charge in [0, 0.05) is 5.56 Å². The molecule has 0 saturated carbocycles. The van der Waals surface area contributed by atoms with Crippen LogP contribution in [0.2, 0.25) is 0 Å². The average Bonchev–Trinajstić information content (AvgIpc) is 2.25. The second-order valence-electron chi connectivity index (χ2n) is 4.27. The maximum absolute atomic E-state index is 9.67. The van der Waals surface area contributed by atoms with Crippen LogP contribution >= 0.6 is 0 Å². The Morgan fingerprint density at radius 2 is 1.88 bits per heavy atom. The molecule has 16 heavy (non-hydrogen) atoms. The minimum absolute atomic E-state index is 0.235. The molecular weight excluding hydrogens is 200 g/mol. The van der Waals surface area contributed by atoms with E-state index in [1.165, 1.54) is 0 Å². The fourth-order valence-electron chi connectivity index (χ4n) is 1.72. The summed E-state index contributed by atoms with van der Waals surface area (Å²) in [7, 11) is 0. The molecular formula is C14H22O2. The molecule has 0 radical (unpaired) electrons. The quantitative estimate of drug-likeness (QED) is 0.824. The number of ether oxygens (including phenoxy) is 1. The third-order valence-corrected chi connectivity index (χ3v) is 2.82. The van der Waals surface area contributed by atoms with Crippen molar-refractivity contribution in [1.82, 2.24) is 0 Å². The lowest BCUT2D eigenvalue weighted by Gasteiger charge is -2.20. The Labute approximate surface area is 98.3 Å². The minimum atomic E-state index is -0.482. The maximum Gasteiger partial charge on any atom is 0.125 e. The Bertz CT molecular complexity index is 328. The summed E-state index contributed by atoms with van der Waals surface area (Å²) in [5.74, 6) is 0.823. The second-order valence-corrected chi connectivity index (χ2v) is 4.27. The summed E-state index contributed by atoms with van der Waals surface area (Å²) in [6, 6.07) is 5.94. The zero-order valence-corrected chi connectivity index (χ0v) is 10.7. The molecule has 1 atom stereocenters. The standard InChI is InChI=1S/C14H22O2/c1-5-12(6-2)16-14-9-10(3)7-8-13(14)11(4)15/h7-9,11-12,15H,5-6H2,1-4H3/t11-/m0/s1. The van der Waals surface area contributed by atoms with Crippen molar-refractivity contribution in [1.29, 1.82) is 0 Å². The first-order valence-corrected chi connectivity index (χ1v) is 6.03. The van der Waals surface area contributed by atoms with Gasteiger partial charge < -0.3 is 9.84 Å². The van der Waals surface area contributed by atoms with Crippen molar-refractivity contribution in [2.24, 2.45) is 0 Å². The normalized spacial score (nSPS) is 12.9. The topological polar surface area (TPSA) is 29.5 Å². The number of aliphatic hydroxyl groups is 1. The van der Waals surface area contributed by atoms with E-state index < -0.39 is 6.10 Å². The van der Waals surface area contributed by atoms with E-state index in [1.807, 2.05) is 25.1 Å². The van der Waals surface area contributed by atoms with Gasteiger partial charge in [0.15, 0.2) is 0 Å². The van der Waals surface area contributed by atoms with Crippen LogP contribution in [0.4, 0.5) is 0 Å². The SMILES string of the molecule is CCC(CC)Oc1cc(C)ccc1[C@H](C)O. The first-order chi connectivity index (χ1) is 7.58. The zero-order chi connectivity index (χ0) is 12.1. The molecule has 0 fully saturated rings. The summed E-state index contributed by atoms with van der Waals surface area (Å²) >= 11 is 0. The Morgan fingerprint density at radius 3 is 2.38 bits per heavy atom. The van der Waals surface area contributed by atoms with Crippen LogP contribution in [0.1, 0.15) is 50.8 Å². The molecule has 0 aliphatic heterocycles. The highest BCUT2D eigenvalue weighted by molar-refractivity contribution is 5.38. The number of aryl methyl sites for hydroxylation is 1. The summed E-state index contributed by atoms with van der Waals surface area (Å²) in [5, 5.41) is 9.67. The van der Waals surface area contributed by atoms with Gasteiger partial charge in [-0.25, -0.2) is 0 Å². The van der Waals surface area contributed by atoms with E-state index in [9.17, 15) is 5.11 Å². The molecule has 0 unspecified atom stereocenters. The van der Waals surface area contributed by atoms with Crippen molar-refractivity contribution in [3.8, 4) is 5.75 Å². The number of hydrogen-bond acceptors (Lipinski definition) is 2. The average molecular weight is 222 g/mol. The van der Waals surface area contributed by atoms with Crippen molar-refractivity contribution in [3.63, 3.8) is 0 Å². The molecule has 0 amide bonds. The molecule has 0 saturated heterocycles. The van der Waals surface area contributed by atoms with Crippen LogP contribution in [-0.4, -0.2) is 11.2 Å². The van der Waals surface area contributed by atoms with Crippen molar-refractivity contribution >= 4 is 0 Å². The molecule has 0 aliphatic rings. The van der Waals surface area contributed by atoms with Crippen LogP contribution in [-0.2, 0) is 0 Å². The molecule has 1 aromatic carbocycles. The third-order valence-electron chi connectivity index (χ3n) is 2.82. The van der Waals surface area contributed by atoms with Gasteiger partial charge in [0.2, 0.25) is 0 Å². The Morgan fingerprint density at radius 1 is 1.25 bits per heavy atom. The van der Waals surface area contributed by atoms with Gasteiger partial charge in [0.05, 0.1) is 12.2 Å². The number of aliphatic hydroxyl groups excluding tert-OH is 1. The van der Waals surface area contributed by atoms with Crippen LogP contribution in [0.25, 0.3) is 0 Å². The lowest BCUT2D eigenvalue weighted by Crippen LogP contribution is -2.15. The smallest absolute Gasteiger partial charge is 0.125 e. The largest absolute Gasteiger partial charge is 0.490 e. The summed E-state index contributed by atoms with van der Waals surface area (Å²) in [5.41, 5.74) is 2.03. The van der Waals surface area contributed by atoms with Gasteiger partial charge in [-0.3, -0.25) is 0 Å². The summed E-state index contributed by atoms with van der Waals surface area (Å²) in [6.45, 7) is 8.04. The Kier molecular flexibility index (Phi) is 4.81. The van der Waals surface area contributed by atoms with E-state index in [0.717, 1.165) is 29.7 Å². The highest BCUT2D eigenvalue weighted by atomic mass is 16.5. The first kappa shape index (κ1) is 13.0. The van der Waals surface area contributed by atoms with E-state index in [2.05, 4.69) is 13.8 Å². The van der Waals surface area contributed by atoms with Crippen molar-refractivity contribution in [2.75, 3.05) is 0 Å². The molecule has 0 heterocycles. The van der Waals surface area contributed by atoms with E-state index in [0.29, 0.717) is 0 Å². The van der Waals surface area contributed by atoms with Gasteiger partial charge in [0.25, 0.3) is 0 Å². The minimum Gasteiger partial charge on any atom is -0.490 e. The highest BCUT2D eigenvalue weighted by Crippen LogP contribution is 2.28. The van der Waals surface area contributed by atoms with E-state index in [1.54, 1.807) is 6.92 Å².